The Bertz CT molecular complexity index is 386. The second-order valence-corrected chi connectivity index (χ2v) is 5.43. The van der Waals surface area contributed by atoms with Gasteiger partial charge in [0.05, 0.1) is 0 Å². The SMILES string of the molecule is Cc1cc(F)ccc1CC(N)C(C)(C)N(C)C. The monoisotopic (exact) mass is 238 g/mol. The molecule has 0 bridgehead atoms. The average Bonchev–Trinajstić information content (AvgIpc) is 2.21. The molecule has 0 amide bonds. The van der Waals surface area contributed by atoms with E-state index in [4.69, 9.17) is 5.73 Å². The first kappa shape index (κ1) is 14.1. The topological polar surface area (TPSA) is 29.3 Å². The van der Waals surface area contributed by atoms with Crippen molar-refractivity contribution >= 4 is 0 Å². The van der Waals surface area contributed by atoms with E-state index in [-0.39, 0.29) is 17.4 Å². The largest absolute Gasteiger partial charge is 0.326 e. The number of nitrogens with two attached hydrogens (primary N) is 1. The number of rotatable bonds is 4. The van der Waals surface area contributed by atoms with E-state index >= 15 is 0 Å². The van der Waals surface area contributed by atoms with E-state index in [0.29, 0.717) is 0 Å². The molecule has 0 heterocycles. The molecular formula is C14H23FN2. The Hall–Kier alpha value is -0.930. The lowest BCUT2D eigenvalue weighted by atomic mass is 9.88. The fourth-order valence-corrected chi connectivity index (χ4v) is 1.71. The van der Waals surface area contributed by atoms with Crippen LogP contribution in [0.2, 0.25) is 0 Å². The molecule has 0 saturated heterocycles. The highest BCUT2D eigenvalue weighted by Gasteiger charge is 2.28. The molecule has 1 rings (SSSR count). The maximum absolute atomic E-state index is 13.0. The maximum atomic E-state index is 13.0. The summed E-state index contributed by atoms with van der Waals surface area (Å²) in [5.41, 5.74) is 8.26. The number of hydrogen-bond acceptors (Lipinski definition) is 2. The lowest BCUT2D eigenvalue weighted by Crippen LogP contribution is -2.54. The van der Waals surface area contributed by atoms with Crippen LogP contribution in [0.25, 0.3) is 0 Å². The molecular weight excluding hydrogens is 215 g/mol. The van der Waals surface area contributed by atoms with Crippen molar-refractivity contribution in [1.82, 2.24) is 4.90 Å². The molecule has 2 nitrogen and oxygen atoms in total. The lowest BCUT2D eigenvalue weighted by molar-refractivity contribution is 0.158. The molecule has 1 unspecified atom stereocenters. The third kappa shape index (κ3) is 3.27. The molecule has 0 aromatic heterocycles. The molecule has 1 aromatic rings. The zero-order chi connectivity index (χ0) is 13.2. The smallest absolute Gasteiger partial charge is 0.123 e. The molecule has 3 heteroatoms. The van der Waals surface area contributed by atoms with Gasteiger partial charge in [-0.2, -0.15) is 0 Å². The molecule has 0 aliphatic carbocycles. The summed E-state index contributed by atoms with van der Waals surface area (Å²) in [5, 5.41) is 0. The molecule has 0 spiro atoms. The highest BCUT2D eigenvalue weighted by atomic mass is 19.1. The molecule has 1 atom stereocenters. The van der Waals surface area contributed by atoms with E-state index in [2.05, 4.69) is 18.7 Å². The quantitative estimate of drug-likeness (QED) is 0.872. The van der Waals surface area contributed by atoms with Crippen LogP contribution >= 0.6 is 0 Å². The molecule has 17 heavy (non-hydrogen) atoms. The molecule has 0 aliphatic rings. The lowest BCUT2D eigenvalue weighted by Gasteiger charge is -2.38. The minimum atomic E-state index is -0.188. The first-order valence-corrected chi connectivity index (χ1v) is 5.93. The summed E-state index contributed by atoms with van der Waals surface area (Å²) in [5.74, 6) is -0.188. The molecule has 0 fully saturated rings. The number of likely N-dealkylation sites (N-methyl/N-ethyl adjacent to an activating group) is 1. The minimum absolute atomic E-state index is 0.0154. The Morgan fingerprint density at radius 1 is 1.35 bits per heavy atom. The third-order valence-corrected chi connectivity index (χ3v) is 3.80. The Kier molecular flexibility index (Phi) is 4.28. The van der Waals surface area contributed by atoms with Crippen LogP contribution in [0.15, 0.2) is 18.2 Å². The normalized spacial score (nSPS) is 14.1. The van der Waals surface area contributed by atoms with Gasteiger partial charge in [0.2, 0.25) is 0 Å². The van der Waals surface area contributed by atoms with Crippen LogP contribution in [0.4, 0.5) is 4.39 Å². The Balaban J connectivity index is 2.84. The van der Waals surface area contributed by atoms with Gasteiger partial charge in [0.1, 0.15) is 5.82 Å². The molecule has 0 saturated carbocycles. The van der Waals surface area contributed by atoms with Crippen molar-refractivity contribution in [2.24, 2.45) is 5.73 Å². The van der Waals surface area contributed by atoms with Crippen LogP contribution in [0.5, 0.6) is 0 Å². The van der Waals surface area contributed by atoms with Crippen molar-refractivity contribution < 1.29 is 4.39 Å². The summed E-state index contributed by atoms with van der Waals surface area (Å²) in [7, 11) is 4.05. The molecule has 0 aliphatic heterocycles. The fourth-order valence-electron chi connectivity index (χ4n) is 1.71. The summed E-state index contributed by atoms with van der Waals surface area (Å²) in [6.07, 6.45) is 0.761. The third-order valence-electron chi connectivity index (χ3n) is 3.80. The number of hydrogen-bond donors (Lipinski definition) is 1. The van der Waals surface area contributed by atoms with E-state index in [0.717, 1.165) is 17.5 Å². The van der Waals surface area contributed by atoms with Gasteiger partial charge < -0.3 is 10.6 Å². The Morgan fingerprint density at radius 2 is 1.94 bits per heavy atom. The molecule has 96 valence electrons. The van der Waals surface area contributed by atoms with Gasteiger partial charge >= 0.3 is 0 Å². The average molecular weight is 238 g/mol. The maximum Gasteiger partial charge on any atom is 0.123 e. The van der Waals surface area contributed by atoms with Gasteiger partial charge in [-0.05, 0) is 64.5 Å². The van der Waals surface area contributed by atoms with E-state index in [1.165, 1.54) is 6.07 Å². The number of benzene rings is 1. The van der Waals surface area contributed by atoms with Crippen LogP contribution in [-0.4, -0.2) is 30.6 Å². The Labute approximate surface area is 104 Å². The number of nitrogens with zero attached hydrogens (tertiary/aromatic N) is 1. The fraction of sp³-hybridized carbons (Fsp3) is 0.571. The van der Waals surface area contributed by atoms with Crippen LogP contribution in [0.3, 0.4) is 0 Å². The minimum Gasteiger partial charge on any atom is -0.326 e. The molecule has 2 N–H and O–H groups in total. The van der Waals surface area contributed by atoms with Crippen LogP contribution in [0.1, 0.15) is 25.0 Å². The summed E-state index contributed by atoms with van der Waals surface area (Å²) in [4.78, 5) is 2.12. The first-order chi connectivity index (χ1) is 7.75. The van der Waals surface area contributed by atoms with Crippen molar-refractivity contribution in [2.45, 2.75) is 38.8 Å². The van der Waals surface area contributed by atoms with Gasteiger partial charge in [0.25, 0.3) is 0 Å². The Morgan fingerprint density at radius 3 is 2.41 bits per heavy atom. The van der Waals surface area contributed by atoms with E-state index in [1.807, 2.05) is 27.1 Å². The van der Waals surface area contributed by atoms with Crippen molar-refractivity contribution in [2.75, 3.05) is 14.1 Å². The molecule has 0 radical (unpaired) electrons. The van der Waals surface area contributed by atoms with E-state index in [9.17, 15) is 4.39 Å². The highest BCUT2D eigenvalue weighted by molar-refractivity contribution is 5.27. The number of aryl methyl sites for hydroxylation is 1. The number of halogens is 1. The summed E-state index contributed by atoms with van der Waals surface area (Å²) < 4.78 is 13.0. The second kappa shape index (κ2) is 5.15. The van der Waals surface area contributed by atoms with E-state index in [1.54, 1.807) is 6.07 Å². The van der Waals surface area contributed by atoms with Crippen LogP contribution in [-0.2, 0) is 6.42 Å². The predicted molar refractivity (Wildman–Crippen MR) is 70.6 cm³/mol. The zero-order valence-electron chi connectivity index (χ0n) is 11.4. The van der Waals surface area contributed by atoms with Gasteiger partial charge in [-0.3, -0.25) is 0 Å². The van der Waals surface area contributed by atoms with Crippen molar-refractivity contribution in [3.8, 4) is 0 Å². The summed E-state index contributed by atoms with van der Waals surface area (Å²) in [6.45, 7) is 6.17. The predicted octanol–water partition coefficient (Wildman–Crippen LogP) is 2.34. The second-order valence-electron chi connectivity index (χ2n) is 5.43. The molecule has 1 aromatic carbocycles. The van der Waals surface area contributed by atoms with Crippen LogP contribution < -0.4 is 5.73 Å². The van der Waals surface area contributed by atoms with Gasteiger partial charge in [-0.1, -0.05) is 6.07 Å². The summed E-state index contributed by atoms with van der Waals surface area (Å²) in [6, 6.07) is 4.90. The standard InChI is InChI=1S/C14H23FN2/c1-10-8-12(15)7-6-11(10)9-13(16)14(2,3)17(4)5/h6-8,13H,9,16H2,1-5H3. The van der Waals surface area contributed by atoms with E-state index < -0.39 is 0 Å². The van der Waals surface area contributed by atoms with Gasteiger partial charge in [0, 0.05) is 11.6 Å². The first-order valence-electron chi connectivity index (χ1n) is 5.93. The van der Waals surface area contributed by atoms with Crippen molar-refractivity contribution in [1.29, 1.82) is 0 Å². The van der Waals surface area contributed by atoms with Gasteiger partial charge in [-0.15, -0.1) is 0 Å². The van der Waals surface area contributed by atoms with Crippen molar-refractivity contribution in [3.63, 3.8) is 0 Å². The van der Waals surface area contributed by atoms with Crippen molar-refractivity contribution in [3.05, 3.63) is 35.1 Å². The summed E-state index contributed by atoms with van der Waals surface area (Å²) >= 11 is 0. The van der Waals surface area contributed by atoms with Gasteiger partial charge in [-0.25, -0.2) is 4.39 Å². The van der Waals surface area contributed by atoms with Crippen LogP contribution in [0, 0.1) is 12.7 Å². The zero-order valence-corrected chi connectivity index (χ0v) is 11.4. The van der Waals surface area contributed by atoms with Gasteiger partial charge in [0.15, 0.2) is 0 Å². The highest BCUT2D eigenvalue weighted by Crippen LogP contribution is 2.20.